The second-order valence-electron chi connectivity index (χ2n) is 7.69. The highest BCUT2D eigenvalue weighted by Gasteiger charge is 2.33. The number of aliphatic hydroxyl groups is 1. The maximum atomic E-state index is 14.2. The zero-order valence-corrected chi connectivity index (χ0v) is 16.3. The van der Waals surface area contributed by atoms with Crippen molar-refractivity contribution in [2.45, 2.75) is 19.3 Å². The van der Waals surface area contributed by atoms with Gasteiger partial charge in [0.1, 0.15) is 29.1 Å². The van der Waals surface area contributed by atoms with Gasteiger partial charge in [0.25, 0.3) is 0 Å². The standard InChI is InChI=1S/C22H21F2N5O/c23-13-4-6-15(24)18(10-13)29-12-19(30)20(21(29)25)22-26-16-7-5-14(11-17(16)27-22)28-8-2-1-3-9-28/h4-7,10-11,25,30H,1-3,8-9,12H2,(H,26,27). The normalized spacial score (nSPS) is 17.5. The van der Waals surface area contributed by atoms with Crippen LogP contribution in [-0.4, -0.2) is 40.5 Å². The van der Waals surface area contributed by atoms with E-state index < -0.39 is 11.6 Å². The summed E-state index contributed by atoms with van der Waals surface area (Å²) in [7, 11) is 0. The first-order chi connectivity index (χ1) is 14.5. The van der Waals surface area contributed by atoms with Gasteiger partial charge in [-0.2, -0.15) is 0 Å². The Hall–Kier alpha value is -3.42. The van der Waals surface area contributed by atoms with Gasteiger partial charge >= 0.3 is 0 Å². The van der Waals surface area contributed by atoms with Crippen molar-refractivity contribution in [1.82, 2.24) is 9.97 Å². The maximum absolute atomic E-state index is 14.2. The van der Waals surface area contributed by atoms with Gasteiger partial charge < -0.3 is 19.9 Å². The highest BCUT2D eigenvalue weighted by Crippen LogP contribution is 2.33. The minimum Gasteiger partial charge on any atom is -0.509 e. The van der Waals surface area contributed by atoms with Crippen LogP contribution in [0.1, 0.15) is 25.1 Å². The average molecular weight is 409 g/mol. The van der Waals surface area contributed by atoms with Gasteiger partial charge in [0.05, 0.1) is 28.8 Å². The van der Waals surface area contributed by atoms with Crippen molar-refractivity contribution in [3.8, 4) is 0 Å². The third-order valence-electron chi connectivity index (χ3n) is 5.73. The lowest BCUT2D eigenvalue weighted by atomic mass is 10.1. The van der Waals surface area contributed by atoms with E-state index in [0.29, 0.717) is 11.3 Å². The molecule has 1 aromatic heterocycles. The van der Waals surface area contributed by atoms with Crippen molar-refractivity contribution in [2.24, 2.45) is 0 Å². The third kappa shape index (κ3) is 3.08. The molecule has 30 heavy (non-hydrogen) atoms. The number of aromatic nitrogens is 2. The summed E-state index contributed by atoms with van der Waals surface area (Å²) < 4.78 is 27.8. The van der Waals surface area contributed by atoms with Gasteiger partial charge in [0, 0.05) is 24.8 Å². The van der Waals surface area contributed by atoms with Gasteiger partial charge in [-0.15, -0.1) is 0 Å². The number of aliphatic hydroxyl groups excluding tert-OH is 1. The number of anilines is 2. The minimum absolute atomic E-state index is 0.0926. The molecule has 0 atom stereocenters. The fourth-order valence-electron chi connectivity index (χ4n) is 4.19. The molecule has 1 fully saturated rings. The molecule has 6 nitrogen and oxygen atoms in total. The van der Waals surface area contributed by atoms with Crippen molar-refractivity contribution >= 4 is 33.8 Å². The topological polar surface area (TPSA) is 79.2 Å². The number of H-pyrrole nitrogens is 1. The monoisotopic (exact) mass is 409 g/mol. The summed E-state index contributed by atoms with van der Waals surface area (Å²) in [4.78, 5) is 11.3. The zero-order valence-electron chi connectivity index (χ0n) is 16.3. The fourth-order valence-corrected chi connectivity index (χ4v) is 4.19. The van der Waals surface area contributed by atoms with Gasteiger partial charge in [-0.3, -0.25) is 5.41 Å². The Morgan fingerprint density at radius 3 is 2.63 bits per heavy atom. The molecule has 2 aliphatic heterocycles. The molecule has 0 unspecified atom stereocenters. The van der Waals surface area contributed by atoms with Crippen LogP contribution in [0.4, 0.5) is 20.2 Å². The number of aromatic amines is 1. The molecular weight excluding hydrogens is 388 g/mol. The van der Waals surface area contributed by atoms with E-state index in [2.05, 4.69) is 14.9 Å². The summed E-state index contributed by atoms with van der Waals surface area (Å²) in [6, 6.07) is 9.02. The molecule has 0 saturated carbocycles. The second-order valence-corrected chi connectivity index (χ2v) is 7.69. The predicted octanol–water partition coefficient (Wildman–Crippen LogP) is 4.60. The summed E-state index contributed by atoms with van der Waals surface area (Å²) in [5.41, 5.74) is 2.73. The van der Waals surface area contributed by atoms with E-state index in [9.17, 15) is 13.9 Å². The molecule has 2 aromatic carbocycles. The summed E-state index contributed by atoms with van der Waals surface area (Å²) >= 11 is 0. The largest absolute Gasteiger partial charge is 0.509 e. The Balaban J connectivity index is 1.48. The van der Waals surface area contributed by atoms with E-state index in [-0.39, 0.29) is 29.4 Å². The number of fused-ring (bicyclic) bond motifs is 1. The summed E-state index contributed by atoms with van der Waals surface area (Å²) in [5, 5.41) is 19.0. The van der Waals surface area contributed by atoms with Gasteiger partial charge in [-0.25, -0.2) is 13.8 Å². The van der Waals surface area contributed by atoms with Crippen LogP contribution in [-0.2, 0) is 0 Å². The Labute approximate surface area is 172 Å². The number of nitrogens with one attached hydrogen (secondary N) is 2. The number of halogens is 2. The molecule has 0 amide bonds. The molecule has 0 bridgehead atoms. The Morgan fingerprint density at radius 1 is 1.03 bits per heavy atom. The lowest BCUT2D eigenvalue weighted by molar-refractivity contribution is 0.411. The predicted molar refractivity (Wildman–Crippen MR) is 113 cm³/mol. The van der Waals surface area contributed by atoms with Crippen LogP contribution >= 0.6 is 0 Å². The van der Waals surface area contributed by atoms with Crippen LogP contribution in [0.25, 0.3) is 16.6 Å². The summed E-state index contributed by atoms with van der Waals surface area (Å²) in [5.74, 6) is -1.18. The molecule has 0 radical (unpaired) electrons. The number of hydrogen-bond acceptors (Lipinski definition) is 4. The molecule has 0 aliphatic carbocycles. The van der Waals surface area contributed by atoms with Gasteiger partial charge in [0.2, 0.25) is 0 Å². The number of benzene rings is 2. The van der Waals surface area contributed by atoms with Crippen LogP contribution in [0, 0.1) is 17.0 Å². The Morgan fingerprint density at radius 2 is 1.83 bits per heavy atom. The van der Waals surface area contributed by atoms with Crippen LogP contribution in [0.15, 0.2) is 42.2 Å². The second kappa shape index (κ2) is 7.12. The van der Waals surface area contributed by atoms with E-state index in [4.69, 9.17) is 5.41 Å². The number of rotatable bonds is 3. The number of amidine groups is 1. The van der Waals surface area contributed by atoms with E-state index in [1.165, 1.54) is 24.2 Å². The zero-order chi connectivity index (χ0) is 20.8. The summed E-state index contributed by atoms with van der Waals surface area (Å²) in [6.45, 7) is 1.93. The van der Waals surface area contributed by atoms with Gasteiger partial charge in [-0.05, 0) is 49.6 Å². The molecular formula is C22H21F2N5O. The van der Waals surface area contributed by atoms with Crippen LogP contribution in [0.2, 0.25) is 0 Å². The van der Waals surface area contributed by atoms with Gasteiger partial charge in [-0.1, -0.05) is 0 Å². The molecule has 1 saturated heterocycles. The molecule has 8 heteroatoms. The SMILES string of the molecule is N=C1C(c2nc3ccc(N4CCCCC4)cc3[nH]2)=C(O)CN1c1cc(F)ccc1F. The highest BCUT2D eigenvalue weighted by atomic mass is 19.1. The van der Waals surface area contributed by atoms with E-state index in [0.717, 1.165) is 42.5 Å². The lowest BCUT2D eigenvalue weighted by Crippen LogP contribution is -2.29. The fraction of sp³-hybridized carbons (Fsp3) is 0.273. The molecule has 154 valence electrons. The molecule has 0 spiro atoms. The Kier molecular flexibility index (Phi) is 4.42. The van der Waals surface area contributed by atoms with Crippen molar-refractivity contribution in [2.75, 3.05) is 29.4 Å². The maximum Gasteiger partial charge on any atom is 0.147 e. The van der Waals surface area contributed by atoms with Crippen molar-refractivity contribution in [3.05, 3.63) is 59.6 Å². The van der Waals surface area contributed by atoms with Crippen LogP contribution < -0.4 is 9.80 Å². The molecule has 3 heterocycles. The van der Waals surface area contributed by atoms with E-state index in [1.807, 2.05) is 18.2 Å². The first-order valence-corrected chi connectivity index (χ1v) is 10.00. The lowest BCUT2D eigenvalue weighted by Gasteiger charge is -2.28. The number of piperidine rings is 1. The molecule has 3 N–H and O–H groups in total. The molecule has 2 aliphatic rings. The van der Waals surface area contributed by atoms with E-state index >= 15 is 0 Å². The molecule has 3 aromatic rings. The van der Waals surface area contributed by atoms with Crippen LogP contribution in [0.3, 0.4) is 0 Å². The molecule has 5 rings (SSSR count). The highest BCUT2D eigenvalue weighted by molar-refractivity contribution is 6.30. The van der Waals surface area contributed by atoms with Crippen LogP contribution in [0.5, 0.6) is 0 Å². The first-order valence-electron chi connectivity index (χ1n) is 10.00. The number of nitrogens with zero attached hydrogens (tertiary/aromatic N) is 3. The van der Waals surface area contributed by atoms with Crippen molar-refractivity contribution in [1.29, 1.82) is 5.41 Å². The quantitative estimate of drug-likeness (QED) is 0.591. The van der Waals surface area contributed by atoms with Gasteiger partial charge in [0.15, 0.2) is 0 Å². The number of hydrogen-bond donors (Lipinski definition) is 3. The summed E-state index contributed by atoms with van der Waals surface area (Å²) in [6.07, 6.45) is 3.61. The Bertz CT molecular complexity index is 1180. The number of imidazole rings is 1. The average Bonchev–Trinajstić information content (AvgIpc) is 3.29. The minimum atomic E-state index is -0.661. The van der Waals surface area contributed by atoms with Crippen molar-refractivity contribution < 1.29 is 13.9 Å². The van der Waals surface area contributed by atoms with Crippen molar-refractivity contribution in [3.63, 3.8) is 0 Å². The third-order valence-corrected chi connectivity index (χ3v) is 5.73. The smallest absolute Gasteiger partial charge is 0.147 e. The first kappa shape index (κ1) is 18.6. The van der Waals surface area contributed by atoms with E-state index in [1.54, 1.807) is 0 Å².